The Morgan fingerprint density at radius 2 is 1.65 bits per heavy atom. The summed E-state index contributed by atoms with van der Waals surface area (Å²) in [5, 5.41) is 0. The molecule has 4 aromatic rings. The smallest absolute Gasteiger partial charge is 0.214 e. The van der Waals surface area contributed by atoms with Crippen LogP contribution in [0.25, 0.3) is 28.3 Å². The van der Waals surface area contributed by atoms with Gasteiger partial charge in [-0.1, -0.05) is 56.1 Å². The van der Waals surface area contributed by atoms with Crippen molar-refractivity contribution in [2.45, 2.75) is 0 Å². The van der Waals surface area contributed by atoms with Gasteiger partial charge in [0.1, 0.15) is 0 Å². The molecule has 3 nitrogen and oxygen atoms in total. The Balaban J connectivity index is 1.81. The van der Waals surface area contributed by atoms with Crippen LogP contribution in [0, 0.1) is 0 Å². The van der Waals surface area contributed by atoms with Crippen LogP contribution in [0.15, 0.2) is 69.9 Å². The van der Waals surface area contributed by atoms with Crippen molar-refractivity contribution in [2.75, 3.05) is 0 Å². The number of halogens is 2. The molecule has 2 heterocycles. The van der Waals surface area contributed by atoms with Crippen molar-refractivity contribution >= 4 is 37.6 Å². The number of nitrogens with zero attached hydrogens (tertiary/aromatic N) is 3. The monoisotopic (exact) mass is 429 g/mol. The van der Waals surface area contributed by atoms with Crippen LogP contribution < -0.4 is 0 Å². The first kappa shape index (κ1) is 14.7. The van der Waals surface area contributed by atoms with Crippen LogP contribution in [0.3, 0.4) is 0 Å². The number of rotatable bonds is 2. The van der Waals surface area contributed by atoms with Crippen LogP contribution in [-0.4, -0.2) is 14.0 Å². The first-order chi connectivity index (χ1) is 11.1. The fourth-order valence-corrected chi connectivity index (χ4v) is 3.39. The second-order valence-corrected chi connectivity index (χ2v) is 7.26. The van der Waals surface area contributed by atoms with Gasteiger partial charge < -0.3 is 4.57 Å². The first-order valence-corrected chi connectivity index (χ1v) is 8.77. The zero-order valence-electron chi connectivity index (χ0n) is 12.4. The summed E-state index contributed by atoms with van der Waals surface area (Å²) in [6, 6.07) is 16.5. The molecule has 0 radical (unpaired) electrons. The van der Waals surface area contributed by atoms with E-state index in [1.807, 2.05) is 31.3 Å². The minimum absolute atomic E-state index is 0.929. The van der Waals surface area contributed by atoms with Gasteiger partial charge in [0.05, 0.1) is 11.4 Å². The molecule has 0 spiro atoms. The van der Waals surface area contributed by atoms with E-state index >= 15 is 0 Å². The van der Waals surface area contributed by atoms with Gasteiger partial charge in [0.15, 0.2) is 0 Å². The lowest BCUT2D eigenvalue weighted by atomic mass is 10.1. The fourth-order valence-electron chi connectivity index (χ4n) is 2.73. The van der Waals surface area contributed by atoms with Gasteiger partial charge in [-0.05, 0) is 24.3 Å². The molecule has 0 amide bonds. The van der Waals surface area contributed by atoms with Crippen molar-refractivity contribution in [1.82, 2.24) is 14.0 Å². The number of imidazole rings is 2. The summed E-state index contributed by atoms with van der Waals surface area (Å²) < 4.78 is 6.34. The van der Waals surface area contributed by atoms with E-state index in [4.69, 9.17) is 4.98 Å². The van der Waals surface area contributed by atoms with Gasteiger partial charge in [-0.2, -0.15) is 0 Å². The number of aryl methyl sites for hydroxylation is 1. The summed E-state index contributed by atoms with van der Waals surface area (Å²) in [7, 11) is 2.05. The number of aromatic nitrogens is 3. The third kappa shape index (κ3) is 2.64. The minimum Gasteiger partial charge on any atom is -0.313 e. The summed E-state index contributed by atoms with van der Waals surface area (Å²) in [6.07, 6.45) is 4.19. The number of benzene rings is 2. The Kier molecular flexibility index (Phi) is 3.62. The quantitative estimate of drug-likeness (QED) is 0.409. The molecule has 2 aromatic carbocycles. The standard InChI is InChI=1S/C18H13Br2N3/c1-22-17(13-3-2-4-15(20)9-13)11-23-10-16(21-18(22)23)12-5-7-14(19)8-6-12/h2-11H,1H3. The predicted molar refractivity (Wildman–Crippen MR) is 100 cm³/mol. The van der Waals surface area contributed by atoms with Crippen LogP contribution in [0.4, 0.5) is 0 Å². The van der Waals surface area contributed by atoms with Crippen molar-refractivity contribution < 1.29 is 0 Å². The van der Waals surface area contributed by atoms with Crippen molar-refractivity contribution in [1.29, 1.82) is 0 Å². The summed E-state index contributed by atoms with van der Waals surface area (Å²) >= 11 is 7.00. The first-order valence-electron chi connectivity index (χ1n) is 7.18. The highest BCUT2D eigenvalue weighted by molar-refractivity contribution is 9.10. The van der Waals surface area contributed by atoms with Gasteiger partial charge in [0.2, 0.25) is 5.78 Å². The lowest BCUT2D eigenvalue weighted by Gasteiger charge is -2.03. The molecule has 0 aliphatic heterocycles. The molecular formula is C18H13Br2N3. The van der Waals surface area contributed by atoms with Crippen molar-refractivity contribution in [3.63, 3.8) is 0 Å². The summed E-state index contributed by atoms with van der Waals surface area (Å²) in [5.41, 5.74) is 4.39. The Morgan fingerprint density at radius 1 is 0.870 bits per heavy atom. The molecule has 0 saturated carbocycles. The molecule has 23 heavy (non-hydrogen) atoms. The highest BCUT2D eigenvalue weighted by Gasteiger charge is 2.12. The highest BCUT2D eigenvalue weighted by Crippen LogP contribution is 2.27. The minimum atomic E-state index is 0.929. The maximum Gasteiger partial charge on any atom is 0.214 e. The third-order valence-electron chi connectivity index (χ3n) is 3.90. The van der Waals surface area contributed by atoms with E-state index in [2.05, 4.69) is 77.5 Å². The number of hydrogen-bond donors (Lipinski definition) is 0. The van der Waals surface area contributed by atoms with Gasteiger partial charge in [0, 0.05) is 39.5 Å². The molecule has 0 unspecified atom stereocenters. The topological polar surface area (TPSA) is 22.2 Å². The van der Waals surface area contributed by atoms with E-state index in [1.54, 1.807) is 0 Å². The molecule has 0 bridgehead atoms. The molecule has 0 fully saturated rings. The summed E-state index contributed by atoms with van der Waals surface area (Å²) in [5.74, 6) is 0.929. The van der Waals surface area contributed by atoms with Crippen molar-refractivity contribution in [3.05, 3.63) is 69.9 Å². The highest BCUT2D eigenvalue weighted by atomic mass is 79.9. The van der Waals surface area contributed by atoms with Crippen LogP contribution in [0.5, 0.6) is 0 Å². The molecule has 4 rings (SSSR count). The Bertz CT molecular complexity index is 997. The van der Waals surface area contributed by atoms with Crippen LogP contribution >= 0.6 is 31.9 Å². The van der Waals surface area contributed by atoms with Crippen LogP contribution in [0.1, 0.15) is 0 Å². The van der Waals surface area contributed by atoms with E-state index in [0.29, 0.717) is 0 Å². The maximum atomic E-state index is 4.78. The molecule has 5 heteroatoms. The third-order valence-corrected chi connectivity index (χ3v) is 4.92. The average molecular weight is 431 g/mol. The van der Waals surface area contributed by atoms with E-state index in [1.165, 1.54) is 0 Å². The Morgan fingerprint density at radius 3 is 2.35 bits per heavy atom. The molecule has 0 atom stereocenters. The SMILES string of the molecule is Cn1c(-c2cccc(Br)c2)cn2cc(-c3ccc(Br)cc3)nc12. The second-order valence-electron chi connectivity index (χ2n) is 5.42. The second kappa shape index (κ2) is 5.65. The molecule has 0 N–H and O–H groups in total. The number of fused-ring (bicyclic) bond motifs is 1. The van der Waals surface area contributed by atoms with E-state index in [0.717, 1.165) is 37.2 Å². The molecule has 0 aliphatic carbocycles. The Hall–Kier alpha value is -1.85. The zero-order chi connectivity index (χ0) is 16.0. The van der Waals surface area contributed by atoms with E-state index in [-0.39, 0.29) is 0 Å². The fraction of sp³-hybridized carbons (Fsp3) is 0.0556. The van der Waals surface area contributed by atoms with Crippen molar-refractivity contribution in [2.24, 2.45) is 7.05 Å². The van der Waals surface area contributed by atoms with E-state index < -0.39 is 0 Å². The molecule has 0 aliphatic rings. The van der Waals surface area contributed by atoms with Gasteiger partial charge in [-0.15, -0.1) is 0 Å². The van der Waals surface area contributed by atoms with Gasteiger partial charge in [-0.25, -0.2) is 4.98 Å². The van der Waals surface area contributed by atoms with Crippen molar-refractivity contribution in [3.8, 4) is 22.5 Å². The Labute approximate surface area is 150 Å². The van der Waals surface area contributed by atoms with Gasteiger partial charge >= 0.3 is 0 Å². The molecular weight excluding hydrogens is 418 g/mol. The lowest BCUT2D eigenvalue weighted by molar-refractivity contribution is 0.945. The van der Waals surface area contributed by atoms with E-state index in [9.17, 15) is 0 Å². The van der Waals surface area contributed by atoms with Crippen LogP contribution in [0.2, 0.25) is 0 Å². The molecule has 2 aromatic heterocycles. The lowest BCUT2D eigenvalue weighted by Crippen LogP contribution is -1.92. The normalized spacial score (nSPS) is 11.3. The molecule has 114 valence electrons. The summed E-state index contributed by atoms with van der Waals surface area (Å²) in [6.45, 7) is 0. The van der Waals surface area contributed by atoms with Gasteiger partial charge in [0.25, 0.3) is 0 Å². The predicted octanol–water partition coefficient (Wildman–Crippen LogP) is 5.53. The maximum absolute atomic E-state index is 4.78. The van der Waals surface area contributed by atoms with Crippen LogP contribution in [-0.2, 0) is 7.05 Å². The number of hydrogen-bond acceptors (Lipinski definition) is 1. The average Bonchev–Trinajstić information content (AvgIpc) is 3.08. The molecule has 0 saturated heterocycles. The summed E-state index contributed by atoms with van der Waals surface area (Å²) in [4.78, 5) is 4.78. The largest absolute Gasteiger partial charge is 0.313 e. The van der Waals surface area contributed by atoms with Gasteiger partial charge in [-0.3, -0.25) is 4.40 Å². The zero-order valence-corrected chi connectivity index (χ0v) is 15.5.